The molecular formula is C14H11ClN2O2S2. The maximum absolute atomic E-state index is 11.6. The van der Waals surface area contributed by atoms with Crippen molar-refractivity contribution in [1.82, 2.24) is 9.97 Å². The van der Waals surface area contributed by atoms with Gasteiger partial charge in [-0.3, -0.25) is 4.79 Å². The maximum Gasteiger partial charge on any atom is 0.310 e. The first-order valence-electron chi connectivity index (χ1n) is 6.32. The molecule has 3 heterocycles. The van der Waals surface area contributed by atoms with E-state index in [-0.39, 0.29) is 12.4 Å². The monoisotopic (exact) mass is 338 g/mol. The van der Waals surface area contributed by atoms with Gasteiger partial charge in [-0.2, -0.15) is 0 Å². The molecule has 0 radical (unpaired) electrons. The van der Waals surface area contributed by atoms with Crippen LogP contribution >= 0.6 is 34.3 Å². The summed E-state index contributed by atoms with van der Waals surface area (Å²) in [5.74, 6) is 0.350. The molecule has 0 saturated carbocycles. The maximum atomic E-state index is 11.6. The molecule has 0 aliphatic rings. The second-order valence-electron chi connectivity index (χ2n) is 4.24. The van der Waals surface area contributed by atoms with Crippen molar-refractivity contribution in [1.29, 1.82) is 0 Å². The fraction of sp³-hybridized carbons (Fsp3) is 0.214. The molecule has 0 aliphatic carbocycles. The summed E-state index contributed by atoms with van der Waals surface area (Å²) in [7, 11) is 0. The van der Waals surface area contributed by atoms with Crippen LogP contribution in [0.1, 0.15) is 12.5 Å². The van der Waals surface area contributed by atoms with E-state index in [1.165, 1.54) is 11.3 Å². The van der Waals surface area contributed by atoms with Crippen molar-refractivity contribution in [2.75, 3.05) is 6.61 Å². The molecule has 0 bridgehead atoms. The second-order valence-corrected chi connectivity index (χ2v) is 6.40. The van der Waals surface area contributed by atoms with Gasteiger partial charge in [-0.15, -0.1) is 22.7 Å². The molecule has 0 aliphatic heterocycles. The summed E-state index contributed by atoms with van der Waals surface area (Å²) in [5.41, 5.74) is 0.816. The number of fused-ring (bicyclic) bond motifs is 1. The third-order valence-electron chi connectivity index (χ3n) is 2.85. The van der Waals surface area contributed by atoms with Crippen molar-refractivity contribution < 1.29 is 9.53 Å². The number of ether oxygens (including phenoxy) is 1. The number of thiophene rings is 2. The van der Waals surface area contributed by atoms with Crippen LogP contribution < -0.4 is 0 Å². The Labute approximate surface area is 134 Å². The quantitative estimate of drug-likeness (QED) is 0.529. The van der Waals surface area contributed by atoms with Gasteiger partial charge in [0.15, 0.2) is 5.82 Å². The molecule has 0 saturated heterocycles. The van der Waals surface area contributed by atoms with Gasteiger partial charge in [0.2, 0.25) is 0 Å². The smallest absolute Gasteiger partial charge is 0.310 e. The zero-order chi connectivity index (χ0) is 14.8. The average Bonchev–Trinajstić information content (AvgIpc) is 3.08. The van der Waals surface area contributed by atoms with Crippen LogP contribution in [0.15, 0.2) is 22.9 Å². The summed E-state index contributed by atoms with van der Waals surface area (Å²) in [6.45, 7) is 2.15. The molecule has 0 atom stereocenters. The van der Waals surface area contributed by atoms with Gasteiger partial charge in [-0.05, 0) is 29.3 Å². The number of nitrogens with zero attached hydrogens (tertiary/aromatic N) is 2. The minimum Gasteiger partial charge on any atom is -0.466 e. The lowest BCUT2D eigenvalue weighted by Crippen LogP contribution is -2.07. The molecular weight excluding hydrogens is 328 g/mol. The zero-order valence-electron chi connectivity index (χ0n) is 11.1. The molecule has 0 spiro atoms. The molecule has 3 aromatic rings. The highest BCUT2D eigenvalue weighted by atomic mass is 35.5. The molecule has 0 amide bonds. The largest absolute Gasteiger partial charge is 0.466 e. The number of hydrogen-bond donors (Lipinski definition) is 0. The van der Waals surface area contributed by atoms with Gasteiger partial charge < -0.3 is 4.74 Å². The highest BCUT2D eigenvalue weighted by Gasteiger charge is 2.16. The van der Waals surface area contributed by atoms with Crippen molar-refractivity contribution in [2.24, 2.45) is 0 Å². The van der Waals surface area contributed by atoms with E-state index in [4.69, 9.17) is 16.3 Å². The number of aromatic nitrogens is 2. The van der Waals surface area contributed by atoms with Crippen molar-refractivity contribution in [3.63, 3.8) is 0 Å². The Morgan fingerprint density at radius 3 is 2.95 bits per heavy atom. The van der Waals surface area contributed by atoms with E-state index in [9.17, 15) is 4.79 Å². The van der Waals surface area contributed by atoms with Gasteiger partial charge in [-0.1, -0.05) is 17.7 Å². The van der Waals surface area contributed by atoms with Gasteiger partial charge in [0.05, 0.1) is 23.3 Å². The van der Waals surface area contributed by atoms with E-state index in [0.717, 1.165) is 20.7 Å². The number of halogens is 1. The summed E-state index contributed by atoms with van der Waals surface area (Å²) in [4.78, 5) is 22.3. The number of esters is 1. The van der Waals surface area contributed by atoms with Gasteiger partial charge in [-0.25, -0.2) is 9.97 Å². The second kappa shape index (κ2) is 6.09. The number of rotatable bonds is 4. The van der Waals surface area contributed by atoms with Crippen LogP contribution in [-0.4, -0.2) is 22.5 Å². The summed E-state index contributed by atoms with van der Waals surface area (Å²) in [5, 5.41) is 4.98. The first kappa shape index (κ1) is 14.4. The van der Waals surface area contributed by atoms with E-state index in [1.54, 1.807) is 18.3 Å². The number of hydrogen-bond acceptors (Lipinski definition) is 6. The zero-order valence-corrected chi connectivity index (χ0v) is 13.5. The third kappa shape index (κ3) is 2.92. The topological polar surface area (TPSA) is 52.1 Å². The summed E-state index contributed by atoms with van der Waals surface area (Å²) in [6, 6.07) is 3.90. The third-order valence-corrected chi connectivity index (χ3v) is 4.91. The molecule has 0 fully saturated rings. The molecule has 0 unspecified atom stereocenters. The fourth-order valence-electron chi connectivity index (χ4n) is 1.97. The Morgan fingerprint density at radius 1 is 1.38 bits per heavy atom. The van der Waals surface area contributed by atoms with Crippen molar-refractivity contribution in [3.8, 4) is 10.7 Å². The molecule has 108 valence electrons. The number of carbonyl (C=O) groups is 1. The van der Waals surface area contributed by atoms with Crippen LogP contribution in [0.4, 0.5) is 0 Å². The lowest BCUT2D eigenvalue weighted by Gasteiger charge is -2.03. The molecule has 7 heteroatoms. The highest BCUT2D eigenvalue weighted by molar-refractivity contribution is 7.17. The van der Waals surface area contributed by atoms with Gasteiger partial charge in [0, 0.05) is 0 Å². The van der Waals surface area contributed by atoms with Crippen LogP contribution in [-0.2, 0) is 16.0 Å². The Morgan fingerprint density at radius 2 is 2.24 bits per heavy atom. The van der Waals surface area contributed by atoms with E-state index in [1.807, 2.05) is 22.9 Å². The number of carbonyl (C=O) groups excluding carboxylic acids is 1. The first-order valence-corrected chi connectivity index (χ1v) is 8.46. The highest BCUT2D eigenvalue weighted by Crippen LogP contribution is 2.33. The lowest BCUT2D eigenvalue weighted by molar-refractivity contribution is -0.142. The summed E-state index contributed by atoms with van der Waals surface area (Å²) in [6.07, 6.45) is 0.190. The van der Waals surface area contributed by atoms with E-state index < -0.39 is 0 Å². The van der Waals surface area contributed by atoms with E-state index in [0.29, 0.717) is 17.6 Å². The molecule has 3 rings (SSSR count). The van der Waals surface area contributed by atoms with Crippen LogP contribution in [0, 0.1) is 0 Å². The first-order chi connectivity index (χ1) is 10.2. The van der Waals surface area contributed by atoms with Crippen molar-refractivity contribution in [3.05, 3.63) is 33.6 Å². The lowest BCUT2D eigenvalue weighted by atomic mass is 10.2. The molecule has 0 aromatic carbocycles. The molecule has 0 N–H and O–H groups in total. The van der Waals surface area contributed by atoms with Gasteiger partial charge in [0.1, 0.15) is 9.98 Å². The predicted octanol–water partition coefficient (Wildman–Crippen LogP) is 4.18. The molecule has 21 heavy (non-hydrogen) atoms. The van der Waals surface area contributed by atoms with Crippen LogP contribution in [0.2, 0.25) is 5.15 Å². The fourth-order valence-corrected chi connectivity index (χ4v) is 3.91. The molecule has 4 nitrogen and oxygen atoms in total. The SMILES string of the molecule is CCOC(=O)Cc1csc2nc(-c3cccs3)nc(Cl)c12. The van der Waals surface area contributed by atoms with Gasteiger partial charge in [0.25, 0.3) is 0 Å². The predicted molar refractivity (Wildman–Crippen MR) is 86.1 cm³/mol. The Balaban J connectivity index is 2.01. The Kier molecular flexibility index (Phi) is 4.19. The van der Waals surface area contributed by atoms with Crippen molar-refractivity contribution in [2.45, 2.75) is 13.3 Å². The normalized spacial score (nSPS) is 11.0. The Hall–Kier alpha value is -1.50. The standard InChI is InChI=1S/C14H11ClN2O2S2/c1-2-19-10(18)6-8-7-21-14-11(8)12(15)16-13(17-14)9-4-3-5-20-9/h3-5,7H,2,6H2,1H3. The van der Waals surface area contributed by atoms with Crippen LogP contribution in [0.5, 0.6) is 0 Å². The van der Waals surface area contributed by atoms with Crippen LogP contribution in [0.3, 0.4) is 0 Å². The van der Waals surface area contributed by atoms with E-state index in [2.05, 4.69) is 9.97 Å². The van der Waals surface area contributed by atoms with Crippen molar-refractivity contribution >= 4 is 50.5 Å². The minimum atomic E-state index is -0.268. The van der Waals surface area contributed by atoms with E-state index >= 15 is 0 Å². The van der Waals surface area contributed by atoms with Crippen LogP contribution in [0.25, 0.3) is 20.9 Å². The Bertz CT molecular complexity index is 784. The molecule has 3 aromatic heterocycles. The minimum absolute atomic E-state index is 0.190. The van der Waals surface area contributed by atoms with Gasteiger partial charge >= 0.3 is 5.97 Å². The summed E-state index contributed by atoms with van der Waals surface area (Å²) >= 11 is 9.32. The summed E-state index contributed by atoms with van der Waals surface area (Å²) < 4.78 is 4.97. The average molecular weight is 339 g/mol.